The van der Waals surface area contributed by atoms with Gasteiger partial charge >= 0.3 is 6.03 Å². The molecule has 7 nitrogen and oxygen atoms in total. The van der Waals surface area contributed by atoms with Crippen LogP contribution in [-0.2, 0) is 11.2 Å². The Morgan fingerprint density at radius 1 is 1.37 bits per heavy atom. The van der Waals surface area contributed by atoms with Crippen LogP contribution in [0.5, 0.6) is 0 Å². The molecule has 3 amide bonds. The minimum atomic E-state index is -0.529. The number of benzene rings is 1. The Morgan fingerprint density at radius 2 is 2.11 bits per heavy atom. The lowest BCUT2D eigenvalue weighted by Crippen LogP contribution is -2.39. The molecule has 10 heteroatoms. The zero-order chi connectivity index (χ0) is 19.4. The molecule has 3 N–H and O–H groups in total. The SMILES string of the molecule is NC(=O)Cc1nsc(NC(=O)N2CCC(=Cc3ccc(Cl)cc3F)CC2)n1. The van der Waals surface area contributed by atoms with Crippen molar-refractivity contribution < 1.29 is 14.0 Å². The third-order valence-electron chi connectivity index (χ3n) is 4.03. The summed E-state index contributed by atoms with van der Waals surface area (Å²) in [5.74, 6) is -0.604. The molecule has 1 aromatic carbocycles. The van der Waals surface area contributed by atoms with E-state index in [4.69, 9.17) is 17.3 Å². The van der Waals surface area contributed by atoms with Gasteiger partial charge in [-0.1, -0.05) is 29.3 Å². The Hall–Kier alpha value is -2.52. The molecule has 2 heterocycles. The summed E-state index contributed by atoms with van der Waals surface area (Å²) in [5, 5.41) is 3.35. The first-order chi connectivity index (χ1) is 12.9. The normalized spacial score (nSPS) is 14.1. The fraction of sp³-hybridized carbons (Fsp3) is 0.294. The van der Waals surface area contributed by atoms with Crippen molar-refractivity contribution in [1.82, 2.24) is 14.3 Å². The molecule has 1 fully saturated rings. The van der Waals surface area contributed by atoms with Crippen molar-refractivity contribution in [2.24, 2.45) is 5.73 Å². The average Bonchev–Trinajstić information content (AvgIpc) is 3.04. The first kappa shape index (κ1) is 19.2. The molecule has 0 bridgehead atoms. The van der Waals surface area contributed by atoms with Crippen LogP contribution < -0.4 is 11.1 Å². The Kier molecular flexibility index (Phi) is 6.02. The van der Waals surface area contributed by atoms with Crippen LogP contribution in [0.1, 0.15) is 24.2 Å². The first-order valence-corrected chi connectivity index (χ1v) is 9.37. The van der Waals surface area contributed by atoms with Crippen LogP contribution in [0.3, 0.4) is 0 Å². The molecule has 142 valence electrons. The molecular formula is C17H17ClFN5O2S. The number of rotatable bonds is 4. The Bertz CT molecular complexity index is 891. The van der Waals surface area contributed by atoms with Crippen LogP contribution in [-0.4, -0.2) is 39.3 Å². The van der Waals surface area contributed by atoms with E-state index >= 15 is 0 Å². The molecule has 0 radical (unpaired) electrons. The second kappa shape index (κ2) is 8.45. The minimum absolute atomic E-state index is 0.0640. The fourth-order valence-electron chi connectivity index (χ4n) is 2.68. The number of nitrogens with zero attached hydrogens (tertiary/aromatic N) is 3. The number of halogens is 2. The molecule has 1 aliphatic heterocycles. The summed E-state index contributed by atoms with van der Waals surface area (Å²) in [6.45, 7) is 1.03. The van der Waals surface area contributed by atoms with E-state index in [-0.39, 0.29) is 24.1 Å². The summed E-state index contributed by atoms with van der Waals surface area (Å²) in [7, 11) is 0. The van der Waals surface area contributed by atoms with E-state index in [0.29, 0.717) is 41.6 Å². The third-order valence-corrected chi connectivity index (χ3v) is 4.93. The summed E-state index contributed by atoms with van der Waals surface area (Å²) in [4.78, 5) is 28.9. The van der Waals surface area contributed by atoms with Gasteiger partial charge in [-0.05, 0) is 25.0 Å². The number of hydrogen-bond donors (Lipinski definition) is 2. The van der Waals surface area contributed by atoms with Crippen LogP contribution in [0.15, 0.2) is 23.8 Å². The summed E-state index contributed by atoms with van der Waals surface area (Å²) >= 11 is 6.76. The average molecular weight is 410 g/mol. The van der Waals surface area contributed by atoms with Crippen LogP contribution in [0.2, 0.25) is 5.02 Å². The number of nitrogens with two attached hydrogens (primary N) is 1. The van der Waals surface area contributed by atoms with Crippen molar-refractivity contribution in [3.63, 3.8) is 0 Å². The number of piperidine rings is 1. The molecule has 0 aliphatic carbocycles. The number of hydrogen-bond acceptors (Lipinski definition) is 5. The van der Waals surface area contributed by atoms with Gasteiger partial charge < -0.3 is 10.6 Å². The predicted molar refractivity (Wildman–Crippen MR) is 102 cm³/mol. The van der Waals surface area contributed by atoms with Crippen molar-refractivity contribution in [3.8, 4) is 0 Å². The van der Waals surface area contributed by atoms with Gasteiger partial charge in [0.15, 0.2) is 5.82 Å². The monoisotopic (exact) mass is 409 g/mol. The van der Waals surface area contributed by atoms with Crippen LogP contribution in [0.25, 0.3) is 6.08 Å². The lowest BCUT2D eigenvalue weighted by atomic mass is 10.0. The van der Waals surface area contributed by atoms with Crippen molar-refractivity contribution in [3.05, 3.63) is 46.0 Å². The zero-order valence-electron chi connectivity index (χ0n) is 14.2. The number of anilines is 1. The van der Waals surface area contributed by atoms with Gasteiger partial charge in [-0.2, -0.15) is 4.37 Å². The van der Waals surface area contributed by atoms with E-state index in [1.54, 1.807) is 17.0 Å². The molecule has 0 unspecified atom stereocenters. The van der Waals surface area contributed by atoms with Crippen molar-refractivity contribution in [1.29, 1.82) is 0 Å². The highest BCUT2D eigenvalue weighted by Crippen LogP contribution is 2.23. The number of aromatic nitrogens is 2. The van der Waals surface area contributed by atoms with Gasteiger partial charge in [0.1, 0.15) is 5.82 Å². The number of amides is 3. The zero-order valence-corrected chi connectivity index (χ0v) is 15.8. The number of nitrogens with one attached hydrogen (secondary N) is 1. The van der Waals surface area contributed by atoms with E-state index in [2.05, 4.69) is 14.7 Å². The Labute approximate surface area is 164 Å². The molecular weight excluding hydrogens is 393 g/mol. The molecule has 0 atom stereocenters. The van der Waals surface area contributed by atoms with Gasteiger partial charge in [0.25, 0.3) is 0 Å². The quantitative estimate of drug-likeness (QED) is 0.810. The van der Waals surface area contributed by atoms with Gasteiger partial charge in [-0.15, -0.1) is 0 Å². The predicted octanol–water partition coefficient (Wildman–Crippen LogP) is 3.07. The molecule has 1 aliphatic rings. The van der Waals surface area contributed by atoms with Crippen molar-refractivity contribution in [2.75, 3.05) is 18.4 Å². The first-order valence-electron chi connectivity index (χ1n) is 8.22. The maximum atomic E-state index is 13.9. The van der Waals surface area contributed by atoms with E-state index < -0.39 is 5.91 Å². The highest BCUT2D eigenvalue weighted by atomic mass is 35.5. The third kappa shape index (κ3) is 5.24. The van der Waals surface area contributed by atoms with Gasteiger partial charge in [-0.3, -0.25) is 10.1 Å². The lowest BCUT2D eigenvalue weighted by molar-refractivity contribution is -0.117. The smallest absolute Gasteiger partial charge is 0.323 e. The van der Waals surface area contributed by atoms with E-state index in [1.807, 2.05) is 6.08 Å². The standard InChI is InChI=1S/C17H17ClFN5O2S/c18-12-2-1-11(13(19)8-12)7-10-3-5-24(6-4-10)17(26)22-16-21-15(23-27-16)9-14(20)25/h1-2,7-8H,3-6,9H2,(H2,20,25)(H,21,22,23,26). The second-order valence-electron chi connectivity index (χ2n) is 6.04. The summed E-state index contributed by atoms with van der Waals surface area (Å²) in [6, 6.07) is 4.29. The molecule has 2 aromatic rings. The lowest BCUT2D eigenvalue weighted by Gasteiger charge is -2.28. The number of carbonyl (C=O) groups excluding carboxylic acids is 2. The largest absolute Gasteiger partial charge is 0.369 e. The maximum absolute atomic E-state index is 13.9. The Morgan fingerprint density at radius 3 is 2.78 bits per heavy atom. The van der Waals surface area contributed by atoms with E-state index in [9.17, 15) is 14.0 Å². The fourth-order valence-corrected chi connectivity index (χ4v) is 3.42. The second-order valence-corrected chi connectivity index (χ2v) is 7.23. The van der Waals surface area contributed by atoms with Gasteiger partial charge in [0.05, 0.1) is 6.42 Å². The van der Waals surface area contributed by atoms with Crippen LogP contribution >= 0.6 is 23.1 Å². The summed E-state index contributed by atoms with van der Waals surface area (Å²) in [6.07, 6.45) is 3.05. The van der Waals surface area contributed by atoms with Crippen LogP contribution in [0, 0.1) is 5.82 Å². The molecule has 27 heavy (non-hydrogen) atoms. The molecule has 3 rings (SSSR count). The Balaban J connectivity index is 1.55. The number of carbonyl (C=O) groups is 2. The van der Waals surface area contributed by atoms with Crippen LogP contribution in [0.4, 0.5) is 14.3 Å². The number of urea groups is 1. The highest BCUT2D eigenvalue weighted by molar-refractivity contribution is 7.09. The van der Waals surface area contributed by atoms with Gasteiger partial charge in [0, 0.05) is 35.2 Å². The maximum Gasteiger partial charge on any atom is 0.323 e. The van der Waals surface area contributed by atoms with Gasteiger partial charge in [-0.25, -0.2) is 14.2 Å². The number of primary amides is 1. The topological polar surface area (TPSA) is 101 Å². The van der Waals surface area contributed by atoms with Gasteiger partial charge in [0.2, 0.25) is 11.0 Å². The van der Waals surface area contributed by atoms with Crippen molar-refractivity contribution >= 4 is 46.3 Å². The summed E-state index contributed by atoms with van der Waals surface area (Å²) in [5.41, 5.74) is 6.65. The summed E-state index contributed by atoms with van der Waals surface area (Å²) < 4.78 is 17.9. The molecule has 0 saturated carbocycles. The molecule has 0 spiro atoms. The van der Waals surface area contributed by atoms with Crippen molar-refractivity contribution in [2.45, 2.75) is 19.3 Å². The highest BCUT2D eigenvalue weighted by Gasteiger charge is 2.20. The number of likely N-dealkylation sites (tertiary alicyclic amines) is 1. The molecule has 1 aromatic heterocycles. The minimum Gasteiger partial charge on any atom is -0.369 e. The van der Waals surface area contributed by atoms with E-state index in [0.717, 1.165) is 17.1 Å². The molecule has 1 saturated heterocycles. The van der Waals surface area contributed by atoms with E-state index in [1.165, 1.54) is 6.07 Å².